The molecule has 0 spiro atoms. The van der Waals surface area contributed by atoms with Crippen molar-refractivity contribution in [1.82, 2.24) is 10.3 Å². The number of pyridine rings is 1. The van der Waals surface area contributed by atoms with E-state index in [0.29, 0.717) is 17.9 Å². The highest BCUT2D eigenvalue weighted by atomic mass is 16.5. The highest BCUT2D eigenvalue weighted by Gasteiger charge is 2.07. The van der Waals surface area contributed by atoms with Gasteiger partial charge in [0.05, 0.1) is 12.7 Å². The third-order valence-corrected chi connectivity index (χ3v) is 2.68. The van der Waals surface area contributed by atoms with Crippen molar-refractivity contribution in [3.8, 4) is 5.75 Å². The monoisotopic (exact) mass is 257 g/mol. The summed E-state index contributed by atoms with van der Waals surface area (Å²) >= 11 is 0. The first kappa shape index (κ1) is 12.9. The van der Waals surface area contributed by atoms with Crippen LogP contribution in [0.2, 0.25) is 0 Å². The second kappa shape index (κ2) is 5.86. The first-order chi connectivity index (χ1) is 9.20. The molecule has 19 heavy (non-hydrogen) atoms. The van der Waals surface area contributed by atoms with E-state index in [1.54, 1.807) is 19.2 Å². The summed E-state index contributed by atoms with van der Waals surface area (Å²) in [6.45, 7) is 0.396. The zero-order valence-corrected chi connectivity index (χ0v) is 10.6. The molecule has 5 nitrogen and oxygen atoms in total. The summed E-state index contributed by atoms with van der Waals surface area (Å²) in [7, 11) is 1.60. The maximum atomic E-state index is 11.9. The maximum Gasteiger partial charge on any atom is 0.253 e. The summed E-state index contributed by atoms with van der Waals surface area (Å²) in [6, 6.07) is 10.8. The number of amides is 1. The zero-order chi connectivity index (χ0) is 13.7. The minimum atomic E-state index is -0.196. The molecule has 1 aromatic heterocycles. The number of benzene rings is 1. The van der Waals surface area contributed by atoms with Crippen molar-refractivity contribution in [2.24, 2.45) is 0 Å². The number of nitrogens with zero attached hydrogens (tertiary/aromatic N) is 1. The topological polar surface area (TPSA) is 77.2 Å². The van der Waals surface area contributed by atoms with Crippen LogP contribution in [0.4, 0.5) is 5.82 Å². The van der Waals surface area contributed by atoms with Crippen LogP contribution in [-0.2, 0) is 6.54 Å². The average molecular weight is 257 g/mol. The molecular weight excluding hydrogens is 242 g/mol. The van der Waals surface area contributed by atoms with Crippen molar-refractivity contribution >= 4 is 11.7 Å². The number of methoxy groups -OCH3 is 1. The zero-order valence-electron chi connectivity index (χ0n) is 10.6. The van der Waals surface area contributed by atoms with Crippen LogP contribution in [0.5, 0.6) is 5.75 Å². The highest BCUT2D eigenvalue weighted by molar-refractivity contribution is 5.93. The minimum Gasteiger partial charge on any atom is -0.496 e. The summed E-state index contributed by atoms with van der Waals surface area (Å²) in [5.74, 6) is 0.943. The minimum absolute atomic E-state index is 0.196. The average Bonchev–Trinajstić information content (AvgIpc) is 2.45. The highest BCUT2D eigenvalue weighted by Crippen LogP contribution is 2.16. The normalized spacial score (nSPS) is 9.95. The van der Waals surface area contributed by atoms with Crippen LogP contribution in [0.3, 0.4) is 0 Å². The van der Waals surface area contributed by atoms with Gasteiger partial charge in [-0.15, -0.1) is 0 Å². The van der Waals surface area contributed by atoms with Crippen molar-refractivity contribution in [1.29, 1.82) is 0 Å². The Morgan fingerprint density at radius 2 is 2.11 bits per heavy atom. The van der Waals surface area contributed by atoms with Gasteiger partial charge in [-0.2, -0.15) is 0 Å². The molecule has 0 radical (unpaired) electrons. The van der Waals surface area contributed by atoms with Crippen LogP contribution < -0.4 is 15.8 Å². The molecule has 98 valence electrons. The molecule has 2 rings (SSSR count). The molecule has 0 saturated carbocycles. The molecule has 0 aliphatic rings. The van der Waals surface area contributed by atoms with Gasteiger partial charge in [0, 0.05) is 18.3 Å². The molecule has 0 fully saturated rings. The third-order valence-electron chi connectivity index (χ3n) is 2.68. The first-order valence-electron chi connectivity index (χ1n) is 5.82. The predicted molar refractivity (Wildman–Crippen MR) is 72.8 cm³/mol. The summed E-state index contributed by atoms with van der Waals surface area (Å²) in [4.78, 5) is 15.8. The number of nitrogens with two attached hydrogens (primary N) is 1. The van der Waals surface area contributed by atoms with E-state index >= 15 is 0 Å². The number of para-hydroxylation sites is 1. The van der Waals surface area contributed by atoms with Gasteiger partial charge in [-0.05, 0) is 18.2 Å². The van der Waals surface area contributed by atoms with Crippen molar-refractivity contribution in [3.63, 3.8) is 0 Å². The number of nitrogens with one attached hydrogen (secondary N) is 1. The second-order valence-electron chi connectivity index (χ2n) is 3.97. The number of hydrogen-bond acceptors (Lipinski definition) is 4. The number of nitrogen functional groups attached to an aromatic ring is 1. The fraction of sp³-hybridized carbons (Fsp3) is 0.143. The lowest BCUT2D eigenvalue weighted by atomic mass is 10.2. The third kappa shape index (κ3) is 3.22. The van der Waals surface area contributed by atoms with E-state index in [9.17, 15) is 4.79 Å². The smallest absolute Gasteiger partial charge is 0.253 e. The largest absolute Gasteiger partial charge is 0.496 e. The van der Waals surface area contributed by atoms with Crippen molar-refractivity contribution in [3.05, 3.63) is 53.7 Å². The van der Waals surface area contributed by atoms with E-state index in [4.69, 9.17) is 10.5 Å². The molecule has 1 aromatic carbocycles. The lowest BCUT2D eigenvalue weighted by molar-refractivity contribution is 0.0950. The number of carbonyl (C=O) groups is 1. The van der Waals surface area contributed by atoms with Gasteiger partial charge in [-0.1, -0.05) is 18.2 Å². The summed E-state index contributed by atoms with van der Waals surface area (Å²) in [6.07, 6.45) is 1.45. The Kier molecular flexibility index (Phi) is 3.97. The van der Waals surface area contributed by atoms with Crippen LogP contribution >= 0.6 is 0 Å². The SMILES string of the molecule is COc1ccccc1CNC(=O)c1ccc(N)nc1. The van der Waals surface area contributed by atoms with E-state index < -0.39 is 0 Å². The van der Waals surface area contributed by atoms with E-state index in [2.05, 4.69) is 10.3 Å². The molecule has 5 heteroatoms. The van der Waals surface area contributed by atoms with E-state index in [-0.39, 0.29) is 5.91 Å². The molecule has 0 bridgehead atoms. The Morgan fingerprint density at radius 3 is 2.79 bits per heavy atom. The summed E-state index contributed by atoms with van der Waals surface area (Å²) in [5.41, 5.74) is 6.86. The Labute approximate surface area is 111 Å². The van der Waals surface area contributed by atoms with Crippen LogP contribution in [0.15, 0.2) is 42.6 Å². The van der Waals surface area contributed by atoms with Gasteiger partial charge in [-0.25, -0.2) is 4.98 Å². The summed E-state index contributed by atoms with van der Waals surface area (Å²) in [5, 5.41) is 2.81. The number of ether oxygens (including phenoxy) is 1. The number of carbonyl (C=O) groups excluding carboxylic acids is 1. The Bertz CT molecular complexity index is 567. The van der Waals surface area contributed by atoms with Crippen LogP contribution in [0, 0.1) is 0 Å². The Morgan fingerprint density at radius 1 is 1.32 bits per heavy atom. The number of hydrogen-bond donors (Lipinski definition) is 2. The Balaban J connectivity index is 2.02. The van der Waals surface area contributed by atoms with E-state index in [0.717, 1.165) is 11.3 Å². The molecule has 3 N–H and O–H groups in total. The van der Waals surface area contributed by atoms with Gasteiger partial charge in [0.15, 0.2) is 0 Å². The number of aromatic nitrogens is 1. The molecule has 1 heterocycles. The van der Waals surface area contributed by atoms with Crippen molar-refractivity contribution in [2.75, 3.05) is 12.8 Å². The molecule has 1 amide bonds. The standard InChI is InChI=1S/C14H15N3O2/c1-19-12-5-3-2-4-10(12)8-17-14(18)11-6-7-13(15)16-9-11/h2-7,9H,8H2,1H3,(H2,15,16)(H,17,18). The van der Waals surface area contributed by atoms with Gasteiger partial charge in [0.1, 0.15) is 11.6 Å². The number of anilines is 1. The fourth-order valence-electron chi connectivity index (χ4n) is 1.67. The van der Waals surface area contributed by atoms with Crippen molar-refractivity contribution < 1.29 is 9.53 Å². The van der Waals surface area contributed by atoms with E-state index in [1.165, 1.54) is 6.20 Å². The van der Waals surface area contributed by atoms with Crippen LogP contribution in [0.1, 0.15) is 15.9 Å². The molecule has 0 unspecified atom stereocenters. The van der Waals surface area contributed by atoms with E-state index in [1.807, 2.05) is 24.3 Å². The van der Waals surface area contributed by atoms with Crippen LogP contribution in [0.25, 0.3) is 0 Å². The lowest BCUT2D eigenvalue weighted by Crippen LogP contribution is -2.23. The molecule has 2 aromatic rings. The second-order valence-corrected chi connectivity index (χ2v) is 3.97. The lowest BCUT2D eigenvalue weighted by Gasteiger charge is -2.09. The first-order valence-corrected chi connectivity index (χ1v) is 5.82. The molecule has 0 aliphatic carbocycles. The van der Waals surface area contributed by atoms with Crippen molar-refractivity contribution in [2.45, 2.75) is 6.54 Å². The molecule has 0 aliphatic heterocycles. The van der Waals surface area contributed by atoms with Gasteiger partial charge >= 0.3 is 0 Å². The van der Waals surface area contributed by atoms with Crippen LogP contribution in [-0.4, -0.2) is 18.0 Å². The molecule has 0 atom stereocenters. The van der Waals surface area contributed by atoms with Gasteiger partial charge in [0.25, 0.3) is 5.91 Å². The quantitative estimate of drug-likeness (QED) is 0.872. The van der Waals surface area contributed by atoms with Gasteiger partial charge in [-0.3, -0.25) is 4.79 Å². The van der Waals surface area contributed by atoms with Gasteiger partial charge in [0.2, 0.25) is 0 Å². The Hall–Kier alpha value is -2.56. The summed E-state index contributed by atoms with van der Waals surface area (Å²) < 4.78 is 5.22. The van der Waals surface area contributed by atoms with Gasteiger partial charge < -0.3 is 15.8 Å². The molecule has 0 saturated heterocycles. The number of rotatable bonds is 4. The predicted octanol–water partition coefficient (Wildman–Crippen LogP) is 1.60. The fourth-order valence-corrected chi connectivity index (χ4v) is 1.67. The molecular formula is C14H15N3O2. The maximum absolute atomic E-state index is 11.9.